The van der Waals surface area contributed by atoms with Crippen molar-refractivity contribution in [3.05, 3.63) is 27.7 Å². The molecule has 0 aliphatic heterocycles. The minimum absolute atomic E-state index is 0.00168. The molecular formula is C11H16BrNO3S. The summed E-state index contributed by atoms with van der Waals surface area (Å²) in [5, 5.41) is 9.09. The maximum absolute atomic E-state index is 12.0. The van der Waals surface area contributed by atoms with Gasteiger partial charge in [0.2, 0.25) is 10.0 Å². The van der Waals surface area contributed by atoms with E-state index in [0.717, 1.165) is 11.1 Å². The van der Waals surface area contributed by atoms with E-state index in [0.29, 0.717) is 4.47 Å². The number of hydrogen-bond acceptors (Lipinski definition) is 3. The second-order valence-corrected chi connectivity index (χ2v) is 6.66. The molecule has 1 unspecified atom stereocenters. The van der Waals surface area contributed by atoms with Crippen molar-refractivity contribution >= 4 is 26.0 Å². The van der Waals surface area contributed by atoms with E-state index in [2.05, 4.69) is 20.7 Å². The van der Waals surface area contributed by atoms with Crippen LogP contribution in [0.2, 0.25) is 0 Å². The number of aliphatic hydroxyl groups excluding tert-OH is 1. The van der Waals surface area contributed by atoms with Gasteiger partial charge in [0.1, 0.15) is 0 Å². The van der Waals surface area contributed by atoms with Crippen molar-refractivity contribution in [3.8, 4) is 0 Å². The lowest BCUT2D eigenvalue weighted by atomic mass is 10.1. The summed E-state index contributed by atoms with van der Waals surface area (Å²) in [6.07, 6.45) is -0.713. The molecule has 17 heavy (non-hydrogen) atoms. The number of hydrogen-bond donors (Lipinski definition) is 2. The summed E-state index contributed by atoms with van der Waals surface area (Å²) in [4.78, 5) is 0.196. The Morgan fingerprint density at radius 2 is 1.88 bits per heavy atom. The molecule has 1 aromatic carbocycles. The molecule has 0 saturated heterocycles. The highest BCUT2D eigenvalue weighted by Crippen LogP contribution is 2.25. The fourth-order valence-electron chi connectivity index (χ4n) is 1.27. The number of aliphatic hydroxyl groups is 1. The smallest absolute Gasteiger partial charge is 0.241 e. The second-order valence-electron chi connectivity index (χ2n) is 4.07. The largest absolute Gasteiger partial charge is 0.392 e. The second kappa shape index (κ2) is 5.48. The topological polar surface area (TPSA) is 66.4 Å². The number of rotatable bonds is 4. The van der Waals surface area contributed by atoms with Crippen molar-refractivity contribution in [1.82, 2.24) is 4.72 Å². The van der Waals surface area contributed by atoms with Crippen LogP contribution in [0.15, 0.2) is 21.5 Å². The van der Waals surface area contributed by atoms with Crippen molar-refractivity contribution < 1.29 is 13.5 Å². The van der Waals surface area contributed by atoms with Crippen LogP contribution in [0, 0.1) is 13.8 Å². The Balaban J connectivity index is 3.11. The lowest BCUT2D eigenvalue weighted by Gasteiger charge is -2.11. The average molecular weight is 322 g/mol. The van der Waals surface area contributed by atoms with Crippen molar-refractivity contribution in [2.75, 3.05) is 6.54 Å². The van der Waals surface area contributed by atoms with E-state index in [1.165, 1.54) is 6.92 Å². The van der Waals surface area contributed by atoms with Crippen LogP contribution in [0.4, 0.5) is 0 Å². The molecule has 1 rings (SSSR count). The van der Waals surface area contributed by atoms with Crippen LogP contribution in [-0.4, -0.2) is 26.2 Å². The zero-order valence-electron chi connectivity index (χ0n) is 9.99. The molecule has 4 nitrogen and oxygen atoms in total. The molecule has 0 heterocycles. The fraction of sp³-hybridized carbons (Fsp3) is 0.455. The summed E-state index contributed by atoms with van der Waals surface area (Å²) in [5.74, 6) is 0. The summed E-state index contributed by atoms with van der Waals surface area (Å²) in [6.45, 7) is 5.30. The van der Waals surface area contributed by atoms with Crippen molar-refractivity contribution in [2.24, 2.45) is 0 Å². The van der Waals surface area contributed by atoms with E-state index in [-0.39, 0.29) is 11.4 Å². The van der Waals surface area contributed by atoms with Crippen molar-refractivity contribution in [2.45, 2.75) is 31.8 Å². The van der Waals surface area contributed by atoms with Gasteiger partial charge in [-0.25, -0.2) is 13.1 Å². The molecule has 0 spiro atoms. The number of benzene rings is 1. The Hall–Kier alpha value is -0.430. The molecule has 0 aromatic heterocycles. The quantitative estimate of drug-likeness (QED) is 0.887. The van der Waals surface area contributed by atoms with Crippen LogP contribution < -0.4 is 4.72 Å². The van der Waals surface area contributed by atoms with Gasteiger partial charge >= 0.3 is 0 Å². The first kappa shape index (κ1) is 14.6. The molecule has 0 aliphatic carbocycles. The van der Waals surface area contributed by atoms with Crippen LogP contribution in [0.25, 0.3) is 0 Å². The van der Waals surface area contributed by atoms with Gasteiger partial charge in [-0.05, 0) is 60.0 Å². The molecule has 0 bridgehead atoms. The Morgan fingerprint density at radius 1 is 1.35 bits per heavy atom. The van der Waals surface area contributed by atoms with Crippen molar-refractivity contribution in [3.63, 3.8) is 0 Å². The molecule has 0 radical (unpaired) electrons. The van der Waals surface area contributed by atoms with E-state index in [1.54, 1.807) is 12.1 Å². The van der Waals surface area contributed by atoms with Gasteiger partial charge in [0, 0.05) is 11.0 Å². The van der Waals surface area contributed by atoms with Gasteiger partial charge in [-0.1, -0.05) is 0 Å². The number of aryl methyl sites for hydroxylation is 2. The molecule has 2 N–H and O–H groups in total. The summed E-state index contributed by atoms with van der Waals surface area (Å²) >= 11 is 3.24. The monoisotopic (exact) mass is 321 g/mol. The van der Waals surface area contributed by atoms with Crippen molar-refractivity contribution in [1.29, 1.82) is 0 Å². The predicted octanol–water partition coefficient (Wildman–Crippen LogP) is 1.73. The first-order valence-electron chi connectivity index (χ1n) is 5.18. The predicted molar refractivity (Wildman–Crippen MR) is 70.5 cm³/mol. The summed E-state index contributed by atoms with van der Waals surface area (Å²) < 4.78 is 26.8. The molecule has 0 aliphatic rings. The number of halogens is 1. The van der Waals surface area contributed by atoms with Crippen LogP contribution in [0.1, 0.15) is 18.1 Å². The SMILES string of the molecule is Cc1cc(Br)c(S(=O)(=O)NCC(C)O)cc1C. The van der Waals surface area contributed by atoms with E-state index in [4.69, 9.17) is 5.11 Å². The van der Waals surface area contributed by atoms with Crippen LogP contribution >= 0.6 is 15.9 Å². The lowest BCUT2D eigenvalue weighted by molar-refractivity contribution is 0.198. The maximum atomic E-state index is 12.0. The standard InChI is InChI=1S/C11H16BrNO3S/c1-7-4-10(12)11(5-8(7)2)17(15,16)13-6-9(3)14/h4-5,9,13-14H,6H2,1-3H3. The molecule has 0 saturated carbocycles. The zero-order chi connectivity index (χ0) is 13.2. The zero-order valence-corrected chi connectivity index (χ0v) is 12.4. The maximum Gasteiger partial charge on any atom is 0.241 e. The first-order valence-corrected chi connectivity index (χ1v) is 7.46. The Bertz CT molecular complexity index is 512. The van der Waals surface area contributed by atoms with Gasteiger partial charge in [0.05, 0.1) is 11.0 Å². The molecule has 6 heteroatoms. The van der Waals surface area contributed by atoms with Gasteiger partial charge in [-0.15, -0.1) is 0 Å². The third-order valence-electron chi connectivity index (χ3n) is 2.41. The van der Waals surface area contributed by atoms with Gasteiger partial charge in [-0.3, -0.25) is 0 Å². The van der Waals surface area contributed by atoms with E-state index < -0.39 is 16.1 Å². The molecular weight excluding hydrogens is 306 g/mol. The highest BCUT2D eigenvalue weighted by molar-refractivity contribution is 9.10. The average Bonchev–Trinajstić information content (AvgIpc) is 2.20. The number of nitrogens with one attached hydrogen (secondary N) is 1. The third-order valence-corrected chi connectivity index (χ3v) is 4.79. The highest BCUT2D eigenvalue weighted by atomic mass is 79.9. The van der Waals surface area contributed by atoms with E-state index in [1.807, 2.05) is 13.8 Å². The van der Waals surface area contributed by atoms with Crippen LogP contribution in [0.5, 0.6) is 0 Å². The summed E-state index contributed by atoms with van der Waals surface area (Å²) in [7, 11) is -3.58. The molecule has 0 fully saturated rings. The molecule has 0 amide bonds. The number of sulfonamides is 1. The summed E-state index contributed by atoms with van der Waals surface area (Å²) in [6, 6.07) is 3.38. The van der Waals surface area contributed by atoms with E-state index in [9.17, 15) is 8.42 Å². The minimum Gasteiger partial charge on any atom is -0.392 e. The summed E-state index contributed by atoms with van der Waals surface area (Å²) in [5.41, 5.74) is 1.93. The van der Waals surface area contributed by atoms with Crippen LogP contribution in [0.3, 0.4) is 0 Å². The fourth-order valence-corrected chi connectivity index (χ4v) is 3.63. The Kier molecular flexibility index (Phi) is 4.71. The molecule has 1 aromatic rings. The van der Waals surface area contributed by atoms with Gasteiger partial charge in [0.25, 0.3) is 0 Å². The Labute approximate surface area is 110 Å². The highest BCUT2D eigenvalue weighted by Gasteiger charge is 2.18. The lowest BCUT2D eigenvalue weighted by Crippen LogP contribution is -2.30. The Morgan fingerprint density at radius 3 is 2.41 bits per heavy atom. The van der Waals surface area contributed by atoms with Gasteiger partial charge in [0.15, 0.2) is 0 Å². The first-order chi connectivity index (χ1) is 7.74. The van der Waals surface area contributed by atoms with Gasteiger partial charge < -0.3 is 5.11 Å². The normalized spacial score (nSPS) is 13.7. The molecule has 96 valence electrons. The third kappa shape index (κ3) is 3.77. The van der Waals surface area contributed by atoms with Gasteiger partial charge in [-0.2, -0.15) is 0 Å². The minimum atomic E-state index is -3.58. The van der Waals surface area contributed by atoms with Crippen LogP contribution in [-0.2, 0) is 10.0 Å². The molecule has 1 atom stereocenters. The van der Waals surface area contributed by atoms with E-state index >= 15 is 0 Å².